The van der Waals surface area contributed by atoms with Gasteiger partial charge in [0.1, 0.15) is 11.2 Å². The number of nitrogens with zero attached hydrogens (tertiary/aromatic N) is 4. The molecule has 0 spiro atoms. The molecule has 0 saturated carbocycles. The third-order valence-electron chi connectivity index (χ3n) is 7.29. The van der Waals surface area contributed by atoms with Gasteiger partial charge in [0.25, 0.3) is 0 Å². The van der Waals surface area contributed by atoms with Crippen LogP contribution in [0.25, 0.3) is 85.1 Å². The van der Waals surface area contributed by atoms with E-state index in [2.05, 4.69) is 82.8 Å². The van der Waals surface area contributed by atoms with Crippen LogP contribution in [0, 0.1) is 0 Å². The van der Waals surface area contributed by atoms with Gasteiger partial charge >= 0.3 is 0 Å². The van der Waals surface area contributed by atoms with Gasteiger partial charge in [0.15, 0.2) is 0 Å². The fourth-order valence-electron chi connectivity index (χ4n) is 5.63. The molecule has 7 heteroatoms. The van der Waals surface area contributed by atoms with Crippen molar-refractivity contribution in [2.75, 3.05) is 0 Å². The molecule has 0 saturated heterocycles. The first-order valence-electron chi connectivity index (χ1n) is 12.5. The topological polar surface area (TPSA) is 64.7 Å². The predicted molar refractivity (Wildman–Crippen MR) is 162 cm³/mol. The van der Waals surface area contributed by atoms with E-state index in [0.717, 1.165) is 74.3 Å². The van der Waals surface area contributed by atoms with Crippen molar-refractivity contribution in [3.8, 4) is 20.9 Å². The lowest BCUT2D eigenvalue weighted by atomic mass is 10.0. The van der Waals surface area contributed by atoms with E-state index in [1.165, 1.54) is 10.8 Å². The lowest BCUT2D eigenvalue weighted by Crippen LogP contribution is -1.88. The minimum Gasteiger partial charge on any atom is -0.454 e. The van der Waals surface area contributed by atoms with Crippen LogP contribution in [0.1, 0.15) is 0 Å². The molecule has 9 aromatic rings. The molecule has 182 valence electrons. The minimum atomic E-state index is 0.892. The van der Waals surface area contributed by atoms with E-state index >= 15 is 0 Å². The van der Waals surface area contributed by atoms with Crippen LogP contribution in [0.4, 0.5) is 0 Å². The summed E-state index contributed by atoms with van der Waals surface area (Å²) in [6.07, 6.45) is 7.03. The summed E-state index contributed by atoms with van der Waals surface area (Å²) in [4.78, 5) is 20.9. The Labute approximate surface area is 229 Å². The van der Waals surface area contributed by atoms with E-state index in [0.29, 0.717) is 0 Å². The van der Waals surface area contributed by atoms with Gasteiger partial charge in [0.2, 0.25) is 0 Å². The normalized spacial score (nSPS) is 12.1. The van der Waals surface area contributed by atoms with Crippen molar-refractivity contribution in [2.24, 2.45) is 0 Å². The highest BCUT2D eigenvalue weighted by molar-refractivity contribution is 7.30. The Morgan fingerprint density at radius 2 is 0.974 bits per heavy atom. The molecule has 0 fully saturated rings. The predicted octanol–water partition coefficient (Wildman–Crippen LogP) is 9.24. The first kappa shape index (κ1) is 21.2. The molecule has 5 nitrogen and oxygen atoms in total. The standard InChI is InChI=1S/C32H16N4OS2/c1-3-7-19-17(5-1)13-21-29(35-11-9-33-21)27(19)25-15-23-31(38-25)32-24(37-23)16-26(39-32)28-20-8-4-2-6-18(20)14-22-30(28)36-12-10-34-22/h1-16H. The zero-order chi connectivity index (χ0) is 25.5. The van der Waals surface area contributed by atoms with E-state index < -0.39 is 0 Å². The van der Waals surface area contributed by atoms with Gasteiger partial charge in [0.05, 0.1) is 31.5 Å². The van der Waals surface area contributed by atoms with Gasteiger partial charge in [-0.25, -0.2) is 0 Å². The van der Waals surface area contributed by atoms with Crippen LogP contribution < -0.4 is 0 Å². The average Bonchev–Trinajstić information content (AvgIpc) is 3.65. The molecule has 0 bridgehead atoms. The van der Waals surface area contributed by atoms with Gasteiger partial charge in [-0.3, -0.25) is 19.9 Å². The molecule has 4 aromatic carbocycles. The van der Waals surface area contributed by atoms with Crippen LogP contribution in [-0.4, -0.2) is 19.9 Å². The Hall–Kier alpha value is -4.72. The molecule has 0 N–H and O–H groups in total. The van der Waals surface area contributed by atoms with E-state index in [4.69, 9.17) is 14.4 Å². The Morgan fingerprint density at radius 3 is 1.49 bits per heavy atom. The lowest BCUT2D eigenvalue weighted by molar-refractivity contribution is 0.671. The van der Waals surface area contributed by atoms with E-state index in [1.807, 2.05) is 0 Å². The molecule has 39 heavy (non-hydrogen) atoms. The molecule has 9 rings (SSSR count). The number of thiophene rings is 2. The first-order valence-corrected chi connectivity index (χ1v) is 14.2. The Kier molecular flexibility index (Phi) is 4.30. The van der Waals surface area contributed by atoms with Gasteiger partial charge in [-0.15, -0.1) is 22.7 Å². The van der Waals surface area contributed by atoms with Crippen LogP contribution in [0.5, 0.6) is 0 Å². The summed E-state index contributed by atoms with van der Waals surface area (Å²) in [6.45, 7) is 0. The molecule has 0 aliphatic heterocycles. The smallest absolute Gasteiger partial charge is 0.147 e. The average molecular weight is 537 g/mol. The number of furan rings is 1. The van der Waals surface area contributed by atoms with Crippen LogP contribution in [-0.2, 0) is 0 Å². The van der Waals surface area contributed by atoms with E-state index in [-0.39, 0.29) is 0 Å². The van der Waals surface area contributed by atoms with E-state index in [9.17, 15) is 0 Å². The van der Waals surface area contributed by atoms with Gasteiger partial charge in [-0.05, 0) is 33.7 Å². The van der Waals surface area contributed by atoms with Gasteiger partial charge in [-0.1, -0.05) is 48.5 Å². The molecule has 5 aromatic heterocycles. The number of aromatic nitrogens is 4. The van der Waals surface area contributed by atoms with Crippen molar-refractivity contribution in [2.45, 2.75) is 0 Å². The van der Waals surface area contributed by atoms with Crippen molar-refractivity contribution in [3.63, 3.8) is 0 Å². The lowest BCUT2D eigenvalue weighted by Gasteiger charge is -2.08. The second kappa shape index (κ2) is 7.89. The molecule has 0 amide bonds. The monoisotopic (exact) mass is 536 g/mol. The number of hydrogen-bond donors (Lipinski definition) is 0. The molecule has 0 aliphatic carbocycles. The van der Waals surface area contributed by atoms with Gasteiger partial charge in [-0.2, -0.15) is 0 Å². The number of rotatable bonds is 2. The summed E-state index contributed by atoms with van der Waals surface area (Å²) in [5, 5.41) is 4.63. The van der Waals surface area contributed by atoms with E-state index in [1.54, 1.807) is 47.5 Å². The molecule has 5 heterocycles. The summed E-state index contributed by atoms with van der Waals surface area (Å²) in [6, 6.07) is 25.4. The SMILES string of the molecule is c1ccc2c(-c3cc4oc5cc(-c6c7ccccc7cc7nccnc67)sc5c4s3)c3nccnc3cc2c1. The van der Waals surface area contributed by atoms with Gasteiger partial charge in [0, 0.05) is 57.8 Å². The van der Waals surface area contributed by atoms with Gasteiger partial charge < -0.3 is 4.42 Å². The molecular formula is C32H16N4OS2. The van der Waals surface area contributed by atoms with Crippen molar-refractivity contribution in [1.82, 2.24) is 19.9 Å². The van der Waals surface area contributed by atoms with Crippen LogP contribution in [0.15, 0.2) is 102 Å². The molecule has 0 atom stereocenters. The summed E-state index contributed by atoms with van der Waals surface area (Å²) in [5.41, 5.74) is 7.60. The summed E-state index contributed by atoms with van der Waals surface area (Å²) in [5.74, 6) is 0. The number of benzene rings is 4. The highest BCUT2D eigenvalue weighted by Crippen LogP contribution is 2.48. The van der Waals surface area contributed by atoms with Crippen molar-refractivity contribution in [3.05, 3.63) is 97.6 Å². The zero-order valence-electron chi connectivity index (χ0n) is 20.3. The summed E-state index contributed by atoms with van der Waals surface area (Å²) < 4.78 is 8.75. The Bertz CT molecular complexity index is 2140. The largest absolute Gasteiger partial charge is 0.454 e. The second-order valence-corrected chi connectivity index (χ2v) is 11.6. The molecule has 0 unspecified atom stereocenters. The van der Waals surface area contributed by atoms with Crippen molar-refractivity contribution >= 4 is 86.9 Å². The quantitative estimate of drug-likeness (QED) is 0.206. The second-order valence-electron chi connectivity index (χ2n) is 9.50. The maximum atomic E-state index is 6.45. The van der Waals surface area contributed by atoms with Crippen LogP contribution in [0.3, 0.4) is 0 Å². The Balaban J connectivity index is 1.30. The first-order chi connectivity index (χ1) is 19.3. The third-order valence-corrected chi connectivity index (χ3v) is 9.72. The third kappa shape index (κ3) is 3.05. The highest BCUT2D eigenvalue weighted by Gasteiger charge is 2.21. The number of fused-ring (bicyclic) bond motifs is 7. The maximum absolute atomic E-state index is 6.45. The fraction of sp³-hybridized carbons (Fsp3) is 0. The minimum absolute atomic E-state index is 0.892. The van der Waals surface area contributed by atoms with Crippen LogP contribution in [0.2, 0.25) is 0 Å². The highest BCUT2D eigenvalue weighted by atomic mass is 32.1. The van der Waals surface area contributed by atoms with Crippen molar-refractivity contribution in [1.29, 1.82) is 0 Å². The number of hydrogen-bond acceptors (Lipinski definition) is 7. The summed E-state index contributed by atoms with van der Waals surface area (Å²) >= 11 is 3.51. The fourth-order valence-corrected chi connectivity index (χ4v) is 8.05. The van der Waals surface area contributed by atoms with Crippen molar-refractivity contribution < 1.29 is 4.42 Å². The summed E-state index contributed by atoms with van der Waals surface area (Å²) in [7, 11) is 0. The zero-order valence-corrected chi connectivity index (χ0v) is 21.9. The Morgan fingerprint density at radius 1 is 0.513 bits per heavy atom. The molecular weight excluding hydrogens is 521 g/mol. The maximum Gasteiger partial charge on any atom is 0.147 e. The molecule has 0 aliphatic rings. The molecule has 0 radical (unpaired) electrons. The van der Waals surface area contributed by atoms with Crippen LogP contribution >= 0.6 is 22.7 Å².